The fourth-order valence-electron chi connectivity index (χ4n) is 5.25. The van der Waals surface area contributed by atoms with E-state index in [1.165, 1.54) is 37.8 Å². The largest absolute Gasteiger partial charge is 0.369 e. The first-order valence-corrected chi connectivity index (χ1v) is 13.2. The lowest BCUT2D eigenvalue weighted by molar-refractivity contribution is 0.199. The Morgan fingerprint density at radius 3 is 2.46 bits per heavy atom. The number of aromatic nitrogens is 2. The molecule has 1 N–H and O–H groups in total. The fraction of sp³-hybridized carbons (Fsp3) is 0.552. The van der Waals surface area contributed by atoms with Crippen molar-refractivity contribution in [2.45, 2.75) is 52.4 Å². The minimum atomic E-state index is 0.162. The van der Waals surface area contributed by atoms with E-state index < -0.39 is 0 Å². The van der Waals surface area contributed by atoms with Crippen LogP contribution in [0.3, 0.4) is 0 Å². The zero-order chi connectivity index (χ0) is 24.7. The fourth-order valence-corrected chi connectivity index (χ4v) is 5.25. The number of aliphatic imine (C=N–C) groups is 1. The third kappa shape index (κ3) is 7.14. The summed E-state index contributed by atoms with van der Waals surface area (Å²) in [7, 11) is 1.81. The average molecular weight is 475 g/mol. The van der Waals surface area contributed by atoms with Gasteiger partial charge in [0.2, 0.25) is 5.95 Å². The third-order valence-electron chi connectivity index (χ3n) is 7.42. The molecule has 2 heterocycles. The predicted molar refractivity (Wildman–Crippen MR) is 148 cm³/mol. The monoisotopic (exact) mass is 474 g/mol. The number of benzene rings is 1. The van der Waals surface area contributed by atoms with Crippen molar-refractivity contribution in [3.05, 3.63) is 54.4 Å². The molecular formula is C29H42N6. The minimum Gasteiger partial charge on any atom is -0.369 e. The summed E-state index contributed by atoms with van der Waals surface area (Å²) in [5, 5.41) is 3.42. The van der Waals surface area contributed by atoms with E-state index in [1.54, 1.807) is 7.05 Å². The molecule has 1 aromatic heterocycles. The van der Waals surface area contributed by atoms with Gasteiger partial charge >= 0.3 is 0 Å². The van der Waals surface area contributed by atoms with E-state index in [-0.39, 0.29) is 5.41 Å². The van der Waals surface area contributed by atoms with Crippen LogP contribution in [0.25, 0.3) is 0 Å². The first kappa shape index (κ1) is 25.4. The molecule has 1 aliphatic heterocycles. The maximum absolute atomic E-state index is 4.90. The van der Waals surface area contributed by atoms with Gasteiger partial charge in [-0.3, -0.25) is 9.89 Å². The van der Waals surface area contributed by atoms with Gasteiger partial charge in [-0.15, -0.1) is 6.58 Å². The summed E-state index contributed by atoms with van der Waals surface area (Å²) < 4.78 is 0. The SMILES string of the molecule is C=CC(C)(C)CN1CCN(c2ccc(Nc3ncc(C=NC)c(CC4CCCCC4)n3)cc2)CC1. The van der Waals surface area contributed by atoms with Crippen molar-refractivity contribution in [2.75, 3.05) is 50.0 Å². The molecule has 4 rings (SSSR count). The van der Waals surface area contributed by atoms with Crippen LogP contribution in [-0.2, 0) is 6.42 Å². The Bertz CT molecular complexity index is 983. The molecule has 0 spiro atoms. The summed E-state index contributed by atoms with van der Waals surface area (Å²) >= 11 is 0. The smallest absolute Gasteiger partial charge is 0.227 e. The molecule has 188 valence electrons. The van der Waals surface area contributed by atoms with Crippen LogP contribution < -0.4 is 10.2 Å². The lowest BCUT2D eigenvalue weighted by Crippen LogP contribution is -2.48. The number of rotatable bonds is 9. The molecule has 35 heavy (non-hydrogen) atoms. The molecule has 1 saturated heterocycles. The van der Waals surface area contributed by atoms with Crippen LogP contribution >= 0.6 is 0 Å². The van der Waals surface area contributed by atoms with Gasteiger partial charge in [0, 0.05) is 69.1 Å². The van der Waals surface area contributed by atoms with Crippen molar-refractivity contribution in [3.8, 4) is 0 Å². The summed E-state index contributed by atoms with van der Waals surface area (Å²) in [6.07, 6.45) is 13.5. The lowest BCUT2D eigenvalue weighted by Gasteiger charge is -2.39. The standard InChI is InChI=1S/C29H42N6/c1-5-29(2,3)22-34-15-17-35(18-16-34)26-13-11-25(12-14-26)32-28-31-21-24(20-30-4)27(33-28)19-23-9-7-6-8-10-23/h5,11-14,20-21,23H,1,6-10,15-19,22H2,2-4H3,(H,31,32,33). The van der Waals surface area contributed by atoms with Crippen LogP contribution in [0.15, 0.2) is 48.1 Å². The Morgan fingerprint density at radius 1 is 1.09 bits per heavy atom. The summed E-state index contributed by atoms with van der Waals surface area (Å²) in [5.74, 6) is 1.38. The lowest BCUT2D eigenvalue weighted by atomic mass is 9.85. The molecule has 0 radical (unpaired) electrons. The Balaban J connectivity index is 1.37. The first-order chi connectivity index (χ1) is 17.0. The molecule has 2 aromatic rings. The summed E-state index contributed by atoms with van der Waals surface area (Å²) in [4.78, 5) is 18.7. The molecular weight excluding hydrogens is 432 g/mol. The van der Waals surface area contributed by atoms with E-state index in [0.717, 1.165) is 62.0 Å². The van der Waals surface area contributed by atoms with Gasteiger partial charge in [0.15, 0.2) is 0 Å². The highest BCUT2D eigenvalue weighted by molar-refractivity contribution is 5.80. The molecule has 1 saturated carbocycles. The zero-order valence-corrected chi connectivity index (χ0v) is 21.8. The number of nitrogens with zero attached hydrogens (tertiary/aromatic N) is 5. The molecule has 1 aromatic carbocycles. The number of hydrogen-bond donors (Lipinski definition) is 1. The highest BCUT2D eigenvalue weighted by Crippen LogP contribution is 2.28. The Kier molecular flexibility index (Phi) is 8.55. The average Bonchev–Trinajstić information content (AvgIpc) is 2.87. The van der Waals surface area contributed by atoms with Gasteiger partial charge in [0.05, 0.1) is 5.69 Å². The quantitative estimate of drug-likeness (QED) is 0.372. The minimum absolute atomic E-state index is 0.162. The number of nitrogens with one attached hydrogen (secondary N) is 1. The van der Waals surface area contributed by atoms with Crippen molar-refractivity contribution in [2.24, 2.45) is 16.3 Å². The van der Waals surface area contributed by atoms with E-state index in [9.17, 15) is 0 Å². The van der Waals surface area contributed by atoms with Crippen LogP contribution in [0.5, 0.6) is 0 Å². The van der Waals surface area contributed by atoms with Crippen LogP contribution in [0.4, 0.5) is 17.3 Å². The van der Waals surface area contributed by atoms with Crippen molar-refractivity contribution < 1.29 is 0 Å². The second-order valence-corrected chi connectivity index (χ2v) is 10.8. The zero-order valence-electron chi connectivity index (χ0n) is 21.8. The number of hydrogen-bond acceptors (Lipinski definition) is 6. The van der Waals surface area contributed by atoms with Gasteiger partial charge in [-0.1, -0.05) is 52.0 Å². The van der Waals surface area contributed by atoms with Crippen LogP contribution in [0, 0.1) is 11.3 Å². The normalized spacial score (nSPS) is 18.2. The molecule has 6 nitrogen and oxygen atoms in total. The van der Waals surface area contributed by atoms with E-state index in [0.29, 0.717) is 5.95 Å². The van der Waals surface area contributed by atoms with Crippen molar-refractivity contribution in [3.63, 3.8) is 0 Å². The number of piperazine rings is 1. The molecule has 0 amide bonds. The molecule has 0 atom stereocenters. The molecule has 0 unspecified atom stereocenters. The van der Waals surface area contributed by atoms with Gasteiger partial charge < -0.3 is 10.2 Å². The van der Waals surface area contributed by atoms with Gasteiger partial charge in [-0.25, -0.2) is 9.97 Å². The third-order valence-corrected chi connectivity index (χ3v) is 7.42. The maximum atomic E-state index is 4.90. The van der Waals surface area contributed by atoms with Crippen molar-refractivity contribution in [1.29, 1.82) is 0 Å². The van der Waals surface area contributed by atoms with Gasteiger partial charge in [-0.05, 0) is 42.0 Å². The second kappa shape index (κ2) is 11.8. The predicted octanol–water partition coefficient (Wildman–Crippen LogP) is 5.73. The number of anilines is 3. The Labute approximate surface area is 211 Å². The van der Waals surface area contributed by atoms with E-state index >= 15 is 0 Å². The second-order valence-electron chi connectivity index (χ2n) is 10.8. The molecule has 2 fully saturated rings. The van der Waals surface area contributed by atoms with E-state index in [1.807, 2.05) is 12.4 Å². The van der Waals surface area contributed by atoms with E-state index in [2.05, 4.69) is 75.9 Å². The summed E-state index contributed by atoms with van der Waals surface area (Å²) in [6, 6.07) is 8.67. The van der Waals surface area contributed by atoms with Crippen molar-refractivity contribution in [1.82, 2.24) is 14.9 Å². The van der Waals surface area contributed by atoms with Gasteiger partial charge in [-0.2, -0.15) is 0 Å². The highest BCUT2D eigenvalue weighted by atomic mass is 15.3. The molecule has 1 aliphatic carbocycles. The van der Waals surface area contributed by atoms with Crippen LogP contribution in [0.1, 0.15) is 57.2 Å². The summed E-state index contributed by atoms with van der Waals surface area (Å²) in [6.45, 7) is 13.8. The van der Waals surface area contributed by atoms with Gasteiger partial charge in [0.25, 0.3) is 0 Å². The molecule has 2 aliphatic rings. The van der Waals surface area contributed by atoms with Crippen molar-refractivity contribution >= 4 is 23.5 Å². The summed E-state index contributed by atoms with van der Waals surface area (Å²) in [5.41, 5.74) is 4.59. The Hall–Kier alpha value is -2.73. The first-order valence-electron chi connectivity index (χ1n) is 13.2. The van der Waals surface area contributed by atoms with Crippen LogP contribution in [0.2, 0.25) is 0 Å². The molecule has 6 heteroatoms. The van der Waals surface area contributed by atoms with E-state index in [4.69, 9.17) is 4.98 Å². The maximum Gasteiger partial charge on any atom is 0.227 e. The highest BCUT2D eigenvalue weighted by Gasteiger charge is 2.23. The Morgan fingerprint density at radius 2 is 1.80 bits per heavy atom. The van der Waals surface area contributed by atoms with Gasteiger partial charge in [0.1, 0.15) is 0 Å². The van der Waals surface area contributed by atoms with Crippen LogP contribution in [-0.4, -0.2) is 60.9 Å². The topological polar surface area (TPSA) is 56.6 Å². The molecule has 0 bridgehead atoms.